The van der Waals surface area contributed by atoms with Gasteiger partial charge in [0, 0.05) is 19.3 Å². The van der Waals surface area contributed by atoms with Crippen LogP contribution < -0.4 is 4.90 Å². The van der Waals surface area contributed by atoms with Crippen LogP contribution in [-0.2, 0) is 0 Å². The van der Waals surface area contributed by atoms with Crippen molar-refractivity contribution in [2.75, 3.05) is 23.5 Å². The molecule has 0 spiro atoms. The van der Waals surface area contributed by atoms with E-state index in [0.717, 1.165) is 23.3 Å². The zero-order valence-electron chi connectivity index (χ0n) is 14.8. The number of nitrogens with zero attached hydrogens (tertiary/aromatic N) is 3. The third-order valence-corrected chi connectivity index (χ3v) is 7.16. The molecule has 5 heteroatoms. The van der Waals surface area contributed by atoms with E-state index in [1.807, 2.05) is 6.20 Å². The summed E-state index contributed by atoms with van der Waals surface area (Å²) in [5.41, 5.74) is 2.19. The molecule has 0 bridgehead atoms. The van der Waals surface area contributed by atoms with Crippen molar-refractivity contribution in [3.8, 4) is 0 Å². The van der Waals surface area contributed by atoms with Gasteiger partial charge >= 0.3 is 0 Å². The average Bonchev–Trinajstić information content (AvgIpc) is 3.36. The molecular formula is C19H28N4S. The van der Waals surface area contributed by atoms with Crippen LogP contribution in [0.25, 0.3) is 11.0 Å². The molecule has 0 amide bonds. The van der Waals surface area contributed by atoms with E-state index >= 15 is 0 Å². The van der Waals surface area contributed by atoms with Crippen LogP contribution >= 0.6 is 11.8 Å². The lowest BCUT2D eigenvalue weighted by atomic mass is 9.86. The van der Waals surface area contributed by atoms with Crippen LogP contribution in [0.3, 0.4) is 0 Å². The number of aryl methyl sites for hydroxylation is 1. The molecule has 2 fully saturated rings. The van der Waals surface area contributed by atoms with Crippen molar-refractivity contribution in [2.45, 2.75) is 51.5 Å². The summed E-state index contributed by atoms with van der Waals surface area (Å²) in [7, 11) is 2.21. The average molecular weight is 345 g/mol. The Balaban J connectivity index is 1.36. The highest BCUT2D eigenvalue weighted by molar-refractivity contribution is 7.99. The van der Waals surface area contributed by atoms with Gasteiger partial charge in [0.1, 0.15) is 17.8 Å². The minimum absolute atomic E-state index is 0.613. The molecule has 0 unspecified atom stereocenters. The first-order valence-electron chi connectivity index (χ1n) is 9.31. The summed E-state index contributed by atoms with van der Waals surface area (Å²) in [6.45, 7) is 2.13. The summed E-state index contributed by atoms with van der Waals surface area (Å²) in [6, 6.07) is 0.613. The lowest BCUT2D eigenvalue weighted by Gasteiger charge is -2.35. The molecule has 130 valence electrons. The summed E-state index contributed by atoms with van der Waals surface area (Å²) in [4.78, 5) is 14.6. The number of thioether (sulfide) groups is 1. The second-order valence-corrected chi connectivity index (χ2v) is 8.73. The molecule has 2 aliphatic rings. The molecule has 0 radical (unpaired) electrons. The Morgan fingerprint density at radius 1 is 1.08 bits per heavy atom. The summed E-state index contributed by atoms with van der Waals surface area (Å²) in [5, 5.41) is 1.18. The number of aromatic nitrogens is 3. The summed E-state index contributed by atoms with van der Waals surface area (Å²) in [5.74, 6) is 5.86. The Labute approximate surface area is 148 Å². The van der Waals surface area contributed by atoms with Crippen LogP contribution in [0, 0.1) is 18.8 Å². The van der Waals surface area contributed by atoms with Crippen molar-refractivity contribution in [3.05, 3.63) is 18.1 Å². The van der Waals surface area contributed by atoms with Gasteiger partial charge in [-0.2, -0.15) is 11.8 Å². The van der Waals surface area contributed by atoms with Crippen LogP contribution in [0.2, 0.25) is 0 Å². The third kappa shape index (κ3) is 3.41. The smallest absolute Gasteiger partial charge is 0.143 e. The molecule has 4 nitrogen and oxygen atoms in total. The van der Waals surface area contributed by atoms with Crippen molar-refractivity contribution in [3.63, 3.8) is 0 Å². The quantitative estimate of drug-likeness (QED) is 0.843. The SMILES string of the molecule is Cc1c[nH]c2ncnc(N(C)C3CCC(CSCC4CC4)CC3)c12. The van der Waals surface area contributed by atoms with E-state index in [4.69, 9.17) is 0 Å². The van der Waals surface area contributed by atoms with Crippen molar-refractivity contribution >= 4 is 28.6 Å². The molecule has 2 aliphatic carbocycles. The van der Waals surface area contributed by atoms with E-state index in [1.54, 1.807) is 6.33 Å². The van der Waals surface area contributed by atoms with Crippen LogP contribution in [0.5, 0.6) is 0 Å². The van der Waals surface area contributed by atoms with Crippen LogP contribution in [-0.4, -0.2) is 39.5 Å². The predicted octanol–water partition coefficient (Wildman–Crippen LogP) is 4.40. The maximum atomic E-state index is 4.60. The summed E-state index contributed by atoms with van der Waals surface area (Å²) < 4.78 is 0. The highest BCUT2D eigenvalue weighted by atomic mass is 32.2. The molecular weight excluding hydrogens is 316 g/mol. The second-order valence-electron chi connectivity index (χ2n) is 7.66. The molecule has 1 N–H and O–H groups in total. The van der Waals surface area contributed by atoms with Crippen molar-refractivity contribution in [1.29, 1.82) is 0 Å². The zero-order valence-corrected chi connectivity index (χ0v) is 15.6. The lowest BCUT2D eigenvalue weighted by Crippen LogP contribution is -2.36. The molecule has 2 aromatic rings. The monoisotopic (exact) mass is 344 g/mol. The van der Waals surface area contributed by atoms with Gasteiger partial charge in [0.15, 0.2) is 0 Å². The Hall–Kier alpha value is -1.23. The minimum atomic E-state index is 0.613. The molecule has 0 saturated heterocycles. The van der Waals surface area contributed by atoms with Gasteiger partial charge in [0.25, 0.3) is 0 Å². The van der Waals surface area contributed by atoms with Crippen LogP contribution in [0.4, 0.5) is 5.82 Å². The zero-order chi connectivity index (χ0) is 16.5. The highest BCUT2D eigenvalue weighted by Gasteiger charge is 2.27. The number of hydrogen-bond donors (Lipinski definition) is 1. The topological polar surface area (TPSA) is 44.8 Å². The van der Waals surface area contributed by atoms with Gasteiger partial charge in [-0.25, -0.2) is 9.97 Å². The van der Waals surface area contributed by atoms with E-state index in [1.165, 1.54) is 61.0 Å². The van der Waals surface area contributed by atoms with E-state index in [2.05, 4.69) is 45.6 Å². The Bertz CT molecular complexity index is 686. The molecule has 0 atom stereocenters. The predicted molar refractivity (Wildman–Crippen MR) is 103 cm³/mol. The summed E-state index contributed by atoms with van der Waals surface area (Å²) >= 11 is 2.20. The third-order valence-electron chi connectivity index (χ3n) is 5.75. The van der Waals surface area contributed by atoms with Gasteiger partial charge in [0.2, 0.25) is 0 Å². The van der Waals surface area contributed by atoms with Gasteiger partial charge in [-0.3, -0.25) is 0 Å². The van der Waals surface area contributed by atoms with Gasteiger partial charge in [-0.15, -0.1) is 0 Å². The lowest BCUT2D eigenvalue weighted by molar-refractivity contribution is 0.344. The maximum Gasteiger partial charge on any atom is 0.143 e. The largest absolute Gasteiger partial charge is 0.356 e. The molecule has 2 heterocycles. The fourth-order valence-corrected chi connectivity index (χ4v) is 5.39. The van der Waals surface area contributed by atoms with Crippen molar-refractivity contribution < 1.29 is 0 Å². The number of H-pyrrole nitrogens is 1. The molecule has 0 aromatic carbocycles. The van der Waals surface area contributed by atoms with E-state index in [0.29, 0.717) is 6.04 Å². The van der Waals surface area contributed by atoms with Gasteiger partial charge in [0.05, 0.1) is 5.39 Å². The molecule has 2 aromatic heterocycles. The number of hydrogen-bond acceptors (Lipinski definition) is 4. The fraction of sp³-hybridized carbons (Fsp3) is 0.684. The first-order chi connectivity index (χ1) is 11.7. The number of nitrogens with one attached hydrogen (secondary N) is 1. The Morgan fingerprint density at radius 2 is 1.75 bits per heavy atom. The first kappa shape index (κ1) is 16.2. The van der Waals surface area contributed by atoms with Crippen molar-refractivity contribution in [1.82, 2.24) is 15.0 Å². The second kappa shape index (κ2) is 6.95. The van der Waals surface area contributed by atoms with Gasteiger partial charge in [-0.05, 0) is 74.4 Å². The highest BCUT2D eigenvalue weighted by Crippen LogP contribution is 2.36. The molecule has 24 heavy (non-hydrogen) atoms. The number of fused-ring (bicyclic) bond motifs is 1. The molecule has 2 saturated carbocycles. The molecule has 4 rings (SSSR count). The number of rotatable bonds is 6. The van der Waals surface area contributed by atoms with E-state index < -0.39 is 0 Å². The fourth-order valence-electron chi connectivity index (χ4n) is 3.92. The summed E-state index contributed by atoms with van der Waals surface area (Å²) in [6.07, 6.45) is 12.0. The van der Waals surface area contributed by atoms with Gasteiger partial charge < -0.3 is 9.88 Å². The molecule has 0 aliphatic heterocycles. The number of aromatic amines is 1. The standard InChI is InChI=1S/C19H28N4S/c1-13-9-20-18-17(13)19(22-12-21-18)23(2)16-7-5-15(6-8-16)11-24-10-14-3-4-14/h9,12,14-16H,3-8,10-11H2,1-2H3,(H,20,21,22). The minimum Gasteiger partial charge on any atom is -0.356 e. The van der Waals surface area contributed by atoms with E-state index in [9.17, 15) is 0 Å². The van der Waals surface area contributed by atoms with Crippen LogP contribution in [0.1, 0.15) is 44.1 Å². The van der Waals surface area contributed by atoms with Crippen molar-refractivity contribution in [2.24, 2.45) is 11.8 Å². The van der Waals surface area contributed by atoms with Crippen LogP contribution in [0.15, 0.2) is 12.5 Å². The first-order valence-corrected chi connectivity index (χ1v) is 10.5. The normalized spacial score (nSPS) is 24.4. The maximum absolute atomic E-state index is 4.60. The number of anilines is 1. The Morgan fingerprint density at radius 3 is 2.42 bits per heavy atom. The Kier molecular flexibility index (Phi) is 4.70. The van der Waals surface area contributed by atoms with E-state index in [-0.39, 0.29) is 0 Å². The van der Waals surface area contributed by atoms with Gasteiger partial charge in [-0.1, -0.05) is 0 Å².